The van der Waals surface area contributed by atoms with Crippen LogP contribution in [0.5, 0.6) is 0 Å². The number of amides is 2. The fraction of sp³-hybridized carbons (Fsp3) is 0.355. The van der Waals surface area contributed by atoms with Crippen molar-refractivity contribution in [3.05, 3.63) is 101 Å². The van der Waals surface area contributed by atoms with Gasteiger partial charge in [0.15, 0.2) is 0 Å². The number of carbonyl (C=O) groups is 2. The van der Waals surface area contributed by atoms with E-state index in [1.54, 1.807) is 36.4 Å². The van der Waals surface area contributed by atoms with Gasteiger partial charge in [0.05, 0.1) is 11.9 Å². The average Bonchev–Trinajstić information content (AvgIpc) is 2.93. The molecule has 214 valence electrons. The zero-order valence-corrected chi connectivity index (χ0v) is 25.1. The number of rotatable bonds is 13. The van der Waals surface area contributed by atoms with Crippen LogP contribution in [0.1, 0.15) is 49.8 Å². The second-order valence-corrected chi connectivity index (χ2v) is 12.5. The highest BCUT2D eigenvalue weighted by molar-refractivity contribution is 7.92. The van der Waals surface area contributed by atoms with Gasteiger partial charge in [-0.2, -0.15) is 0 Å². The maximum Gasteiger partial charge on any atom is 0.244 e. The summed E-state index contributed by atoms with van der Waals surface area (Å²) in [4.78, 5) is 29.0. The lowest BCUT2D eigenvalue weighted by molar-refractivity contribution is -0.140. The van der Waals surface area contributed by atoms with Crippen LogP contribution >= 0.6 is 11.6 Å². The van der Waals surface area contributed by atoms with Crippen molar-refractivity contribution >= 4 is 39.1 Å². The van der Waals surface area contributed by atoms with Gasteiger partial charge in [-0.3, -0.25) is 13.9 Å². The van der Waals surface area contributed by atoms with Gasteiger partial charge in [-0.15, -0.1) is 0 Å². The predicted molar refractivity (Wildman–Crippen MR) is 162 cm³/mol. The molecular weight excluding hydrogens is 546 g/mol. The number of halogens is 1. The van der Waals surface area contributed by atoms with Crippen LogP contribution in [-0.2, 0) is 32.6 Å². The molecule has 1 N–H and O–H groups in total. The van der Waals surface area contributed by atoms with Gasteiger partial charge >= 0.3 is 0 Å². The van der Waals surface area contributed by atoms with Crippen molar-refractivity contribution < 1.29 is 18.0 Å². The number of hydrogen-bond acceptors (Lipinski definition) is 4. The Morgan fingerprint density at radius 1 is 0.900 bits per heavy atom. The molecule has 0 saturated heterocycles. The summed E-state index contributed by atoms with van der Waals surface area (Å²) in [5.74, 6) is -0.501. The van der Waals surface area contributed by atoms with Crippen LogP contribution in [0.4, 0.5) is 5.69 Å². The fourth-order valence-corrected chi connectivity index (χ4v) is 5.32. The van der Waals surface area contributed by atoms with Crippen LogP contribution in [0, 0.1) is 0 Å². The van der Waals surface area contributed by atoms with Crippen LogP contribution in [-0.4, -0.2) is 50.5 Å². The van der Waals surface area contributed by atoms with Crippen molar-refractivity contribution in [2.75, 3.05) is 23.7 Å². The van der Waals surface area contributed by atoms with Crippen LogP contribution in [0.25, 0.3) is 0 Å². The molecule has 1 unspecified atom stereocenters. The van der Waals surface area contributed by atoms with E-state index in [1.165, 1.54) is 4.90 Å². The molecular formula is C31H38ClN3O4S. The molecule has 0 radical (unpaired) electrons. The highest BCUT2D eigenvalue weighted by Gasteiger charge is 2.33. The number of nitrogens with one attached hydrogen (secondary N) is 1. The predicted octanol–water partition coefficient (Wildman–Crippen LogP) is 5.40. The summed E-state index contributed by atoms with van der Waals surface area (Å²) in [5, 5.41) is 3.48. The Kier molecular flexibility index (Phi) is 11.2. The monoisotopic (exact) mass is 583 g/mol. The van der Waals surface area contributed by atoms with E-state index in [9.17, 15) is 18.0 Å². The summed E-state index contributed by atoms with van der Waals surface area (Å²) < 4.78 is 26.9. The van der Waals surface area contributed by atoms with Crippen molar-refractivity contribution in [3.63, 3.8) is 0 Å². The topological polar surface area (TPSA) is 86.8 Å². The van der Waals surface area contributed by atoms with Gasteiger partial charge < -0.3 is 10.2 Å². The van der Waals surface area contributed by atoms with Gasteiger partial charge in [-0.25, -0.2) is 8.42 Å². The Hall–Kier alpha value is -3.36. The van der Waals surface area contributed by atoms with Gasteiger partial charge in [0.1, 0.15) is 12.6 Å². The first-order valence-electron chi connectivity index (χ1n) is 13.4. The van der Waals surface area contributed by atoms with Gasteiger partial charge in [0, 0.05) is 24.5 Å². The molecule has 0 aromatic heterocycles. The summed E-state index contributed by atoms with van der Waals surface area (Å²) in [6.07, 6.45) is 2.09. The molecule has 0 fully saturated rings. The normalized spacial score (nSPS) is 12.2. The van der Waals surface area contributed by atoms with Gasteiger partial charge in [0.2, 0.25) is 21.8 Å². The second-order valence-electron chi connectivity index (χ2n) is 10.2. The van der Waals surface area contributed by atoms with E-state index in [4.69, 9.17) is 11.6 Å². The Bertz CT molecular complexity index is 1360. The lowest BCUT2D eigenvalue weighted by atomic mass is 10.0. The van der Waals surface area contributed by atoms with Crippen LogP contribution in [0.2, 0.25) is 5.02 Å². The van der Waals surface area contributed by atoms with Gasteiger partial charge in [-0.1, -0.05) is 87.0 Å². The molecule has 7 nitrogen and oxygen atoms in total. The molecule has 40 heavy (non-hydrogen) atoms. The molecule has 0 aliphatic rings. The smallest absolute Gasteiger partial charge is 0.244 e. The number of carbonyl (C=O) groups excluding carboxylic acids is 2. The number of sulfonamides is 1. The minimum atomic E-state index is -3.81. The largest absolute Gasteiger partial charge is 0.354 e. The Morgan fingerprint density at radius 3 is 2.08 bits per heavy atom. The van der Waals surface area contributed by atoms with E-state index in [0.29, 0.717) is 17.3 Å². The zero-order chi connectivity index (χ0) is 29.3. The van der Waals surface area contributed by atoms with Gasteiger partial charge in [-0.05, 0) is 53.3 Å². The SMILES string of the molecule is CCCNC(=O)C(Cc1ccccc1)N(Cc1ccc(Cl)cc1)C(=O)CN(c1ccc(C(C)C)cc1)S(C)(=O)=O. The first kappa shape index (κ1) is 31.2. The van der Waals surface area contributed by atoms with E-state index in [1.807, 2.05) is 49.4 Å². The molecule has 0 aliphatic heterocycles. The minimum absolute atomic E-state index is 0.108. The van der Waals surface area contributed by atoms with Crippen molar-refractivity contribution in [1.29, 1.82) is 0 Å². The molecule has 0 spiro atoms. The lowest BCUT2D eigenvalue weighted by Crippen LogP contribution is -2.53. The molecule has 3 rings (SSSR count). The molecule has 0 saturated carbocycles. The fourth-order valence-electron chi connectivity index (χ4n) is 4.35. The number of anilines is 1. The molecule has 2 amide bonds. The van der Waals surface area contributed by atoms with Crippen molar-refractivity contribution in [3.8, 4) is 0 Å². The number of nitrogens with zero attached hydrogens (tertiary/aromatic N) is 2. The minimum Gasteiger partial charge on any atom is -0.354 e. The van der Waals surface area contributed by atoms with E-state index in [2.05, 4.69) is 19.2 Å². The first-order chi connectivity index (χ1) is 19.0. The molecule has 0 bridgehead atoms. The maximum atomic E-state index is 14.0. The standard InChI is InChI=1S/C31H38ClN3O4S/c1-5-19-33-31(37)29(20-24-9-7-6-8-10-24)34(21-25-11-15-27(32)16-12-25)30(36)22-35(40(4,38)39)28-17-13-26(14-18-28)23(2)3/h6-18,23,29H,5,19-22H2,1-4H3,(H,33,37). The number of hydrogen-bond donors (Lipinski definition) is 1. The first-order valence-corrected chi connectivity index (χ1v) is 15.7. The van der Waals surface area contributed by atoms with Crippen LogP contribution in [0.15, 0.2) is 78.9 Å². The summed E-state index contributed by atoms with van der Waals surface area (Å²) in [7, 11) is -3.81. The highest BCUT2D eigenvalue weighted by atomic mass is 35.5. The molecule has 1 atom stereocenters. The quantitative estimate of drug-likeness (QED) is 0.292. The third-order valence-electron chi connectivity index (χ3n) is 6.61. The summed E-state index contributed by atoms with van der Waals surface area (Å²) in [6, 6.07) is 22.8. The molecule has 0 heterocycles. The molecule has 9 heteroatoms. The van der Waals surface area contributed by atoms with Gasteiger partial charge in [0.25, 0.3) is 0 Å². The van der Waals surface area contributed by atoms with Crippen molar-refractivity contribution in [2.45, 2.75) is 52.1 Å². The van der Waals surface area contributed by atoms with E-state index >= 15 is 0 Å². The molecule has 3 aromatic carbocycles. The Labute approximate surface area is 243 Å². The third-order valence-corrected chi connectivity index (χ3v) is 8.01. The molecule has 3 aromatic rings. The highest BCUT2D eigenvalue weighted by Crippen LogP contribution is 2.23. The van der Waals surface area contributed by atoms with Crippen LogP contribution < -0.4 is 9.62 Å². The van der Waals surface area contributed by atoms with E-state index in [-0.39, 0.29) is 24.8 Å². The van der Waals surface area contributed by atoms with E-state index in [0.717, 1.165) is 33.7 Å². The maximum absolute atomic E-state index is 14.0. The van der Waals surface area contributed by atoms with Crippen LogP contribution in [0.3, 0.4) is 0 Å². The van der Waals surface area contributed by atoms with E-state index < -0.39 is 28.5 Å². The van der Waals surface area contributed by atoms with Crippen molar-refractivity contribution in [2.24, 2.45) is 0 Å². The number of benzene rings is 3. The Balaban J connectivity index is 2.02. The zero-order valence-electron chi connectivity index (χ0n) is 23.5. The van der Waals surface area contributed by atoms with Crippen molar-refractivity contribution in [1.82, 2.24) is 10.2 Å². The summed E-state index contributed by atoms with van der Waals surface area (Å²) in [6.45, 7) is 6.19. The second kappa shape index (κ2) is 14.3. The lowest BCUT2D eigenvalue weighted by Gasteiger charge is -2.33. The Morgan fingerprint density at radius 2 is 1.52 bits per heavy atom. The summed E-state index contributed by atoms with van der Waals surface area (Å²) in [5.41, 5.74) is 3.11. The third kappa shape index (κ3) is 8.83. The average molecular weight is 584 g/mol. The summed E-state index contributed by atoms with van der Waals surface area (Å²) >= 11 is 6.09. The molecule has 0 aliphatic carbocycles.